The van der Waals surface area contributed by atoms with Crippen molar-refractivity contribution >= 4 is 5.69 Å². The van der Waals surface area contributed by atoms with Crippen LogP contribution in [-0.2, 0) is 0 Å². The number of nitrogens with zero attached hydrogens (tertiary/aromatic N) is 1. The van der Waals surface area contributed by atoms with Crippen molar-refractivity contribution in [2.45, 2.75) is 5.92 Å². The van der Waals surface area contributed by atoms with Crippen LogP contribution in [0.25, 0.3) is 0 Å². The van der Waals surface area contributed by atoms with E-state index in [1.165, 1.54) is 6.07 Å². The smallest absolute Gasteiger partial charge is 0.143 e. The Hall–Kier alpha value is -2.54. The molecule has 4 heteroatoms. The molecule has 20 heavy (non-hydrogen) atoms. The molecular formula is C16H13FN2O. The highest BCUT2D eigenvalue weighted by molar-refractivity contribution is 5.58. The third-order valence-corrected chi connectivity index (χ3v) is 3.46. The molecule has 0 aromatic heterocycles. The number of hydrogen-bond acceptors (Lipinski definition) is 3. The van der Waals surface area contributed by atoms with Gasteiger partial charge < -0.3 is 10.1 Å². The van der Waals surface area contributed by atoms with Crippen LogP contribution in [0.2, 0.25) is 0 Å². The van der Waals surface area contributed by atoms with Crippen LogP contribution in [0.5, 0.6) is 5.75 Å². The van der Waals surface area contributed by atoms with Crippen LogP contribution in [-0.4, -0.2) is 13.2 Å². The molecule has 0 bridgehead atoms. The molecule has 0 saturated heterocycles. The number of nitriles is 1. The number of halogens is 1. The average Bonchev–Trinajstić information content (AvgIpc) is 2.88. The van der Waals surface area contributed by atoms with Gasteiger partial charge in [0.25, 0.3) is 0 Å². The van der Waals surface area contributed by atoms with Gasteiger partial charge in [-0.25, -0.2) is 4.39 Å². The molecule has 0 amide bonds. The molecule has 100 valence electrons. The number of rotatable bonds is 3. The van der Waals surface area contributed by atoms with E-state index in [9.17, 15) is 4.39 Å². The Bertz CT molecular complexity index is 678. The molecule has 0 fully saturated rings. The van der Waals surface area contributed by atoms with Crippen molar-refractivity contribution in [2.75, 3.05) is 18.5 Å². The van der Waals surface area contributed by atoms with E-state index in [1.807, 2.05) is 30.3 Å². The maximum atomic E-state index is 13.5. The molecule has 3 rings (SSSR count). The number of nitrogens with one attached hydrogen (secondary N) is 1. The van der Waals surface area contributed by atoms with Gasteiger partial charge in [0.15, 0.2) is 0 Å². The van der Waals surface area contributed by atoms with Crippen LogP contribution < -0.4 is 10.1 Å². The number of benzene rings is 2. The summed E-state index contributed by atoms with van der Waals surface area (Å²) in [5.74, 6) is 0.612. The Morgan fingerprint density at radius 3 is 2.95 bits per heavy atom. The molecule has 2 aromatic carbocycles. The van der Waals surface area contributed by atoms with Crippen molar-refractivity contribution in [3.8, 4) is 11.8 Å². The van der Waals surface area contributed by atoms with Crippen LogP contribution in [0.4, 0.5) is 10.1 Å². The predicted molar refractivity (Wildman–Crippen MR) is 74.3 cm³/mol. The van der Waals surface area contributed by atoms with E-state index in [4.69, 9.17) is 10.00 Å². The zero-order valence-corrected chi connectivity index (χ0v) is 10.8. The lowest BCUT2D eigenvalue weighted by Crippen LogP contribution is -2.14. The molecule has 0 radical (unpaired) electrons. The number of anilines is 1. The second-order valence-corrected chi connectivity index (χ2v) is 4.70. The summed E-state index contributed by atoms with van der Waals surface area (Å²) in [5.41, 5.74) is 1.73. The normalized spacial score (nSPS) is 16.1. The van der Waals surface area contributed by atoms with Crippen LogP contribution in [0.15, 0.2) is 42.5 Å². The SMILES string of the molecule is N#Cc1c(F)cccc1NCC1COc2ccccc21. The lowest BCUT2D eigenvalue weighted by Gasteiger charge is -2.13. The zero-order valence-electron chi connectivity index (χ0n) is 10.8. The molecule has 1 unspecified atom stereocenters. The highest BCUT2D eigenvalue weighted by atomic mass is 19.1. The summed E-state index contributed by atoms with van der Waals surface area (Å²) < 4.78 is 19.1. The van der Waals surface area contributed by atoms with Gasteiger partial charge in [0.2, 0.25) is 0 Å². The van der Waals surface area contributed by atoms with Gasteiger partial charge in [0.05, 0.1) is 12.3 Å². The van der Waals surface area contributed by atoms with E-state index in [-0.39, 0.29) is 11.5 Å². The first kappa shape index (κ1) is 12.5. The molecule has 1 aliphatic heterocycles. The first-order valence-electron chi connectivity index (χ1n) is 6.44. The summed E-state index contributed by atoms with van der Waals surface area (Å²) in [6, 6.07) is 14.4. The first-order chi connectivity index (χ1) is 9.79. The molecule has 3 nitrogen and oxygen atoms in total. The average molecular weight is 268 g/mol. The van der Waals surface area contributed by atoms with Gasteiger partial charge in [-0.15, -0.1) is 0 Å². The topological polar surface area (TPSA) is 45.0 Å². The Kier molecular flexibility index (Phi) is 3.26. The van der Waals surface area contributed by atoms with Crippen LogP contribution in [0.3, 0.4) is 0 Å². The van der Waals surface area contributed by atoms with Crippen molar-refractivity contribution in [3.05, 3.63) is 59.4 Å². The summed E-state index contributed by atoms with van der Waals surface area (Å²) in [6.07, 6.45) is 0. The third kappa shape index (κ3) is 2.19. The maximum absolute atomic E-state index is 13.5. The monoisotopic (exact) mass is 268 g/mol. The Morgan fingerprint density at radius 2 is 2.10 bits per heavy atom. The number of para-hydroxylation sites is 1. The molecular weight excluding hydrogens is 255 g/mol. The summed E-state index contributed by atoms with van der Waals surface area (Å²) in [7, 11) is 0. The fourth-order valence-corrected chi connectivity index (χ4v) is 2.42. The number of hydrogen-bond donors (Lipinski definition) is 1. The third-order valence-electron chi connectivity index (χ3n) is 3.46. The summed E-state index contributed by atoms with van der Waals surface area (Å²) in [4.78, 5) is 0. The van der Waals surface area contributed by atoms with Crippen LogP contribution >= 0.6 is 0 Å². The highest BCUT2D eigenvalue weighted by Gasteiger charge is 2.23. The van der Waals surface area contributed by atoms with E-state index in [1.54, 1.807) is 12.1 Å². The minimum atomic E-state index is -0.499. The van der Waals surface area contributed by atoms with Gasteiger partial charge in [-0.3, -0.25) is 0 Å². The largest absolute Gasteiger partial charge is 0.493 e. The van der Waals surface area contributed by atoms with Gasteiger partial charge in [-0.05, 0) is 18.2 Å². The van der Waals surface area contributed by atoms with Gasteiger partial charge in [-0.2, -0.15) is 5.26 Å². The fraction of sp³-hybridized carbons (Fsp3) is 0.188. The van der Waals surface area contributed by atoms with E-state index < -0.39 is 5.82 Å². The van der Waals surface area contributed by atoms with Crippen molar-refractivity contribution in [1.82, 2.24) is 0 Å². The second kappa shape index (κ2) is 5.22. The van der Waals surface area contributed by atoms with Crippen LogP contribution in [0.1, 0.15) is 17.0 Å². The summed E-state index contributed by atoms with van der Waals surface area (Å²) in [6.45, 7) is 1.21. The Balaban J connectivity index is 1.76. The van der Waals surface area contributed by atoms with Crippen molar-refractivity contribution in [1.29, 1.82) is 5.26 Å². The van der Waals surface area contributed by atoms with E-state index in [2.05, 4.69) is 5.32 Å². The number of fused-ring (bicyclic) bond motifs is 1. The fourth-order valence-electron chi connectivity index (χ4n) is 2.42. The van der Waals surface area contributed by atoms with E-state index >= 15 is 0 Å². The van der Waals surface area contributed by atoms with Gasteiger partial charge >= 0.3 is 0 Å². The zero-order chi connectivity index (χ0) is 13.9. The molecule has 1 heterocycles. The van der Waals surface area contributed by atoms with Crippen LogP contribution in [0, 0.1) is 17.1 Å². The Labute approximate surface area is 116 Å². The molecule has 1 atom stereocenters. The molecule has 0 spiro atoms. The van der Waals surface area contributed by atoms with Crippen molar-refractivity contribution in [3.63, 3.8) is 0 Å². The van der Waals surface area contributed by atoms with Gasteiger partial charge in [0, 0.05) is 18.0 Å². The van der Waals surface area contributed by atoms with E-state index in [0.717, 1.165) is 11.3 Å². The lowest BCUT2D eigenvalue weighted by atomic mass is 10.0. The Morgan fingerprint density at radius 1 is 1.25 bits per heavy atom. The molecule has 1 N–H and O–H groups in total. The molecule has 0 saturated carbocycles. The lowest BCUT2D eigenvalue weighted by molar-refractivity contribution is 0.334. The molecule has 1 aliphatic rings. The van der Waals surface area contributed by atoms with Crippen molar-refractivity contribution in [2.24, 2.45) is 0 Å². The standard InChI is InChI=1S/C16H13FN2O/c17-14-5-3-6-15(13(14)8-18)19-9-11-10-20-16-7-2-1-4-12(11)16/h1-7,11,19H,9-10H2. The predicted octanol–water partition coefficient (Wildman–Crippen LogP) is 3.29. The summed E-state index contributed by atoms with van der Waals surface area (Å²) >= 11 is 0. The van der Waals surface area contributed by atoms with Gasteiger partial charge in [0.1, 0.15) is 23.2 Å². The van der Waals surface area contributed by atoms with Gasteiger partial charge in [-0.1, -0.05) is 24.3 Å². The first-order valence-corrected chi connectivity index (χ1v) is 6.44. The highest BCUT2D eigenvalue weighted by Crippen LogP contribution is 2.33. The minimum Gasteiger partial charge on any atom is -0.493 e. The maximum Gasteiger partial charge on any atom is 0.143 e. The summed E-state index contributed by atoms with van der Waals surface area (Å²) in [5, 5.41) is 12.1. The van der Waals surface area contributed by atoms with E-state index in [0.29, 0.717) is 18.8 Å². The molecule has 0 aliphatic carbocycles. The second-order valence-electron chi connectivity index (χ2n) is 4.70. The number of ether oxygens (including phenoxy) is 1. The quantitative estimate of drug-likeness (QED) is 0.929. The molecule has 2 aromatic rings. The minimum absolute atomic E-state index is 0.0553. The van der Waals surface area contributed by atoms with Crippen molar-refractivity contribution < 1.29 is 9.13 Å².